The van der Waals surface area contributed by atoms with Gasteiger partial charge in [0.15, 0.2) is 34.5 Å². The van der Waals surface area contributed by atoms with E-state index in [4.69, 9.17) is 27.2 Å². The van der Waals surface area contributed by atoms with Crippen LogP contribution in [0.4, 0.5) is 10.2 Å². The number of phosphoric acid groups is 1. The van der Waals surface area contributed by atoms with Gasteiger partial charge < -0.3 is 28.7 Å². The molecule has 15 heteroatoms. The molecule has 0 atom stereocenters. The average molecular weight is 585 g/mol. The minimum Gasteiger partial charge on any atom is -0.493 e. The van der Waals surface area contributed by atoms with E-state index in [2.05, 4.69) is 19.5 Å². The van der Waals surface area contributed by atoms with Crippen molar-refractivity contribution in [2.45, 2.75) is 32.3 Å². The molecule has 0 aliphatic carbocycles. The molecule has 0 fully saturated rings. The molecular weight excluding hydrogens is 550 g/mol. The molecule has 1 aromatic carbocycles. The normalized spacial score (nSPS) is 16.9. The van der Waals surface area contributed by atoms with Gasteiger partial charge in [-0.25, -0.2) is 23.9 Å². The molecule has 0 radical (unpaired) electrons. The van der Waals surface area contributed by atoms with Crippen molar-refractivity contribution in [1.29, 1.82) is 0 Å². The molecule has 1 aliphatic rings. The molecule has 3 heterocycles. The fraction of sp³-hybridized carbons (Fsp3) is 0.360. The molecule has 214 valence electrons. The molecule has 2 N–H and O–H groups in total. The van der Waals surface area contributed by atoms with Crippen LogP contribution in [-0.4, -0.2) is 64.3 Å². The molecular formula is C25H28FN4O9P. The summed E-state index contributed by atoms with van der Waals surface area (Å²) in [4.78, 5) is 44.1. The number of nitrogens with zero attached hydrogens (tertiary/aromatic N) is 4. The Balaban J connectivity index is 1.81. The van der Waals surface area contributed by atoms with E-state index in [-0.39, 0.29) is 57.7 Å². The maximum Gasteiger partial charge on any atom is 0.471 e. The van der Waals surface area contributed by atoms with Crippen molar-refractivity contribution in [2.75, 3.05) is 32.9 Å². The van der Waals surface area contributed by atoms with Crippen molar-refractivity contribution >= 4 is 19.5 Å². The summed E-state index contributed by atoms with van der Waals surface area (Å²) in [6, 6.07) is -1.76. The first-order chi connectivity index (χ1) is 21.3. The van der Waals surface area contributed by atoms with Gasteiger partial charge in [-0.15, -0.1) is 0 Å². The Hall–Kier alpha value is -3.84. The number of halogens is 1. The number of carbonyl (C=O) groups is 1. The number of ether oxygens (including phenoxy) is 4. The Morgan fingerprint density at radius 2 is 1.80 bits per heavy atom. The minimum absolute atomic E-state index is 0.0209. The first-order valence-corrected chi connectivity index (χ1v) is 12.9. The van der Waals surface area contributed by atoms with Crippen LogP contribution in [0.1, 0.15) is 44.8 Å². The van der Waals surface area contributed by atoms with Crippen LogP contribution in [0.25, 0.3) is 0 Å². The van der Waals surface area contributed by atoms with E-state index in [1.54, 1.807) is 0 Å². The van der Waals surface area contributed by atoms with Gasteiger partial charge in [0.1, 0.15) is 12.5 Å². The Kier molecular flexibility index (Phi) is 6.21. The Morgan fingerprint density at radius 3 is 2.40 bits per heavy atom. The summed E-state index contributed by atoms with van der Waals surface area (Å²) in [7, 11) is -1.62. The molecule has 2 aromatic heterocycles. The lowest BCUT2D eigenvalue weighted by Gasteiger charge is -2.37. The molecule has 1 amide bonds. The SMILES string of the molecule is [2H]c1c(Cc2nc(Cc3c([2H])c(OC)c(OC)c(OC)c3[2H])ncc2F)nc2c(c1[2H])OC(C)(C)C(=O)N2C([2H])([2H])OP(=O)(O)O. The zero-order chi connectivity index (χ0) is 34.5. The number of pyridine rings is 1. The van der Waals surface area contributed by atoms with Crippen molar-refractivity contribution in [3.05, 3.63) is 59.0 Å². The van der Waals surface area contributed by atoms with Crippen molar-refractivity contribution in [3.8, 4) is 23.0 Å². The summed E-state index contributed by atoms with van der Waals surface area (Å²) in [5, 5.41) is 0. The van der Waals surface area contributed by atoms with Gasteiger partial charge in [0, 0.05) is 18.5 Å². The van der Waals surface area contributed by atoms with Crippen LogP contribution in [0.2, 0.25) is 0 Å². The van der Waals surface area contributed by atoms with Crippen LogP contribution in [-0.2, 0) is 26.7 Å². The number of methoxy groups -OCH3 is 3. The number of anilines is 1. The van der Waals surface area contributed by atoms with E-state index >= 15 is 4.39 Å². The van der Waals surface area contributed by atoms with Crippen LogP contribution in [0.15, 0.2) is 30.4 Å². The van der Waals surface area contributed by atoms with E-state index in [1.165, 1.54) is 35.2 Å². The monoisotopic (exact) mass is 584 g/mol. The van der Waals surface area contributed by atoms with Gasteiger partial charge in [-0.3, -0.25) is 14.2 Å². The number of amides is 1. The highest BCUT2D eigenvalue weighted by Crippen LogP contribution is 2.41. The van der Waals surface area contributed by atoms with Gasteiger partial charge >= 0.3 is 7.82 Å². The zero-order valence-corrected chi connectivity index (χ0v) is 22.8. The van der Waals surface area contributed by atoms with Crippen LogP contribution in [0.3, 0.4) is 0 Å². The third kappa shape index (κ3) is 6.31. The highest BCUT2D eigenvalue weighted by molar-refractivity contribution is 7.46. The largest absolute Gasteiger partial charge is 0.493 e. The maximum atomic E-state index is 15.0. The van der Waals surface area contributed by atoms with Crippen LogP contribution in [0.5, 0.6) is 23.0 Å². The maximum absolute atomic E-state index is 15.0. The number of hydrogen-bond acceptors (Lipinski definition) is 10. The molecule has 0 saturated heterocycles. The first kappa shape index (κ1) is 21.9. The van der Waals surface area contributed by atoms with Crippen molar-refractivity contribution < 1.29 is 55.2 Å². The molecule has 40 heavy (non-hydrogen) atoms. The number of rotatable bonds is 10. The summed E-state index contributed by atoms with van der Waals surface area (Å²) in [6.45, 7) is -1.11. The van der Waals surface area contributed by atoms with E-state index in [9.17, 15) is 19.1 Å². The number of fused-ring (bicyclic) bond motifs is 1. The Bertz CT molecular complexity index is 1750. The van der Waals surface area contributed by atoms with Crippen molar-refractivity contribution in [3.63, 3.8) is 0 Å². The average Bonchev–Trinajstić information content (AvgIpc) is 2.95. The minimum atomic E-state index is -5.52. The van der Waals surface area contributed by atoms with Crippen LogP contribution in [0, 0.1) is 5.82 Å². The molecule has 0 spiro atoms. The third-order valence-electron chi connectivity index (χ3n) is 5.39. The molecule has 1 aliphatic heterocycles. The Labute approximate surface area is 237 Å². The van der Waals surface area contributed by atoms with Crippen molar-refractivity contribution in [2.24, 2.45) is 0 Å². The molecule has 0 saturated carbocycles. The molecule has 3 aromatic rings. The number of phosphoric ester groups is 1. The second kappa shape index (κ2) is 11.3. The third-order valence-corrected chi connectivity index (χ3v) is 5.71. The van der Waals surface area contributed by atoms with E-state index < -0.39 is 67.6 Å². The molecule has 0 bridgehead atoms. The smallest absolute Gasteiger partial charge is 0.471 e. The number of hydrogen-bond donors (Lipinski definition) is 2. The van der Waals surface area contributed by atoms with E-state index in [0.717, 1.165) is 6.20 Å². The predicted octanol–water partition coefficient (Wildman–Crippen LogP) is 2.79. The lowest BCUT2D eigenvalue weighted by Crippen LogP contribution is -2.53. The lowest BCUT2D eigenvalue weighted by atomic mass is 10.1. The number of aromatic nitrogens is 3. The Morgan fingerprint density at radius 1 is 1.12 bits per heavy atom. The topological polar surface area (TPSA) is 163 Å². The summed E-state index contributed by atoms with van der Waals surface area (Å²) < 4.78 is 102. The van der Waals surface area contributed by atoms with Gasteiger partial charge in [0.05, 0.1) is 41.4 Å². The molecule has 13 nitrogen and oxygen atoms in total. The van der Waals surface area contributed by atoms with E-state index in [0.29, 0.717) is 0 Å². The van der Waals surface area contributed by atoms with Gasteiger partial charge in [-0.1, -0.05) is 0 Å². The first-order valence-electron chi connectivity index (χ1n) is 14.4. The summed E-state index contributed by atoms with van der Waals surface area (Å²) in [5.41, 5.74) is -2.58. The quantitative estimate of drug-likeness (QED) is 0.336. The fourth-order valence-electron chi connectivity index (χ4n) is 3.59. The van der Waals surface area contributed by atoms with Gasteiger partial charge in [0.25, 0.3) is 5.91 Å². The molecule has 4 rings (SSSR count). The highest BCUT2D eigenvalue weighted by atomic mass is 31.2. The fourth-order valence-corrected chi connectivity index (χ4v) is 3.78. The number of benzene rings is 1. The van der Waals surface area contributed by atoms with Crippen LogP contribution >= 0.6 is 7.82 Å². The lowest BCUT2D eigenvalue weighted by molar-refractivity contribution is -0.133. The van der Waals surface area contributed by atoms with E-state index in [1.807, 2.05) is 0 Å². The second-order valence-corrected chi connectivity index (χ2v) is 9.81. The van der Waals surface area contributed by atoms with Gasteiger partial charge in [0.2, 0.25) is 5.75 Å². The van der Waals surface area contributed by atoms with Gasteiger partial charge in [-0.05, 0) is 43.6 Å². The van der Waals surface area contributed by atoms with Crippen molar-refractivity contribution in [1.82, 2.24) is 15.0 Å². The van der Waals surface area contributed by atoms with Gasteiger partial charge in [-0.2, -0.15) is 0 Å². The molecule has 0 unspecified atom stereocenters. The standard InChI is InChI=1S/C25H28FN4O9P/c1-25(2)24(31)30(13-38-40(32,33)34)23-18(39-25)7-6-15(28-23)11-17-16(26)12-27-21(29-17)10-14-8-19(35-3)22(37-5)20(9-14)36-4/h6-9,12H,10-11,13H2,1-5H3,(H2,32,33,34)/i6D,7D,8D,9D,13D2. The zero-order valence-electron chi connectivity index (χ0n) is 27.9. The summed E-state index contributed by atoms with van der Waals surface area (Å²) in [6.07, 6.45) is -0.0772. The summed E-state index contributed by atoms with van der Waals surface area (Å²) in [5.74, 6) is -3.57. The highest BCUT2D eigenvalue weighted by Gasteiger charge is 2.42. The van der Waals surface area contributed by atoms with Crippen LogP contribution < -0.4 is 23.8 Å². The summed E-state index contributed by atoms with van der Waals surface area (Å²) >= 11 is 0. The predicted molar refractivity (Wildman–Crippen MR) is 138 cm³/mol. The number of carbonyl (C=O) groups excluding carboxylic acids is 1. The second-order valence-electron chi connectivity index (χ2n) is 8.65.